The van der Waals surface area contributed by atoms with E-state index in [1.165, 1.54) is 0 Å². The second kappa shape index (κ2) is 2.75. The molecule has 12 heavy (non-hydrogen) atoms. The van der Waals surface area contributed by atoms with Gasteiger partial charge < -0.3 is 14.9 Å². The minimum absolute atomic E-state index is 0.374. The zero-order valence-electron chi connectivity index (χ0n) is 6.19. The van der Waals surface area contributed by atoms with Crippen LogP contribution in [-0.2, 0) is 0 Å². The number of fused-ring (bicyclic) bond motifs is 1. The van der Waals surface area contributed by atoms with Gasteiger partial charge in [-0.25, -0.2) is 5.32 Å². The quantitative estimate of drug-likeness (QED) is 0.524. The molecule has 2 rings (SSSR count). The number of ether oxygens (including phenoxy) is 1. The number of aliphatic hydroxyl groups excluding tert-OH is 2. The standard InChI is InChI=1S/C8H8NO3/c10-7-5-3-1-2-4-6(5)12-8(11)9-7/h1-4,7,9-11H. The Labute approximate surface area is 69.4 Å². The highest BCUT2D eigenvalue weighted by atomic mass is 16.6. The minimum Gasteiger partial charge on any atom is -0.442 e. The van der Waals surface area contributed by atoms with Crippen molar-refractivity contribution in [3.8, 4) is 5.75 Å². The maximum absolute atomic E-state index is 9.36. The highest BCUT2D eigenvalue weighted by Gasteiger charge is 2.24. The predicted molar refractivity (Wildman–Crippen MR) is 40.3 cm³/mol. The van der Waals surface area contributed by atoms with Crippen molar-refractivity contribution in [2.24, 2.45) is 0 Å². The van der Waals surface area contributed by atoms with E-state index in [-0.39, 0.29) is 6.41 Å². The summed E-state index contributed by atoms with van der Waals surface area (Å²) >= 11 is 0. The number of rotatable bonds is 0. The van der Waals surface area contributed by atoms with Gasteiger partial charge >= 0.3 is 6.41 Å². The van der Waals surface area contributed by atoms with E-state index in [1.54, 1.807) is 24.3 Å². The zero-order valence-corrected chi connectivity index (χ0v) is 6.19. The fourth-order valence-electron chi connectivity index (χ4n) is 1.13. The van der Waals surface area contributed by atoms with E-state index in [0.717, 1.165) is 0 Å². The van der Waals surface area contributed by atoms with E-state index in [2.05, 4.69) is 5.32 Å². The second-order valence-electron chi connectivity index (χ2n) is 2.49. The van der Waals surface area contributed by atoms with E-state index < -0.39 is 6.23 Å². The van der Waals surface area contributed by atoms with E-state index in [9.17, 15) is 5.11 Å². The number of hydrogen-bond donors (Lipinski definition) is 3. The molecule has 0 aliphatic carbocycles. The third-order valence-electron chi connectivity index (χ3n) is 1.68. The molecule has 1 aliphatic rings. The molecule has 0 fully saturated rings. The molecular weight excluding hydrogens is 158 g/mol. The molecule has 0 saturated heterocycles. The van der Waals surface area contributed by atoms with Crippen LogP contribution in [-0.4, -0.2) is 10.2 Å². The Morgan fingerprint density at radius 3 is 2.92 bits per heavy atom. The second-order valence-corrected chi connectivity index (χ2v) is 2.49. The van der Waals surface area contributed by atoms with Gasteiger partial charge in [0.25, 0.3) is 0 Å². The lowest BCUT2D eigenvalue weighted by molar-refractivity contribution is -0.00669. The van der Waals surface area contributed by atoms with E-state index in [4.69, 9.17) is 9.84 Å². The monoisotopic (exact) mass is 166 g/mol. The van der Waals surface area contributed by atoms with Crippen molar-refractivity contribution in [2.75, 3.05) is 0 Å². The van der Waals surface area contributed by atoms with Gasteiger partial charge in [0.1, 0.15) is 12.0 Å². The van der Waals surface area contributed by atoms with Crippen LogP contribution in [0, 0.1) is 6.41 Å². The first-order chi connectivity index (χ1) is 5.77. The van der Waals surface area contributed by atoms with Crippen LogP contribution in [0.5, 0.6) is 5.75 Å². The maximum atomic E-state index is 9.36. The average Bonchev–Trinajstić information content (AvgIpc) is 2.04. The zero-order chi connectivity index (χ0) is 8.55. The summed E-state index contributed by atoms with van der Waals surface area (Å²) in [4.78, 5) is 0. The normalized spacial score (nSPS) is 23.0. The molecule has 1 aliphatic heterocycles. The van der Waals surface area contributed by atoms with Crippen molar-refractivity contribution in [1.82, 2.24) is 5.32 Å². The highest BCUT2D eigenvalue weighted by molar-refractivity contribution is 5.36. The van der Waals surface area contributed by atoms with Crippen LogP contribution in [0.3, 0.4) is 0 Å². The molecule has 1 aromatic rings. The first kappa shape index (κ1) is 7.54. The van der Waals surface area contributed by atoms with Crippen molar-refractivity contribution in [3.63, 3.8) is 0 Å². The Morgan fingerprint density at radius 1 is 1.33 bits per heavy atom. The third kappa shape index (κ3) is 1.16. The van der Waals surface area contributed by atoms with Crippen molar-refractivity contribution in [1.29, 1.82) is 0 Å². The van der Waals surface area contributed by atoms with Gasteiger partial charge in [0.2, 0.25) is 0 Å². The maximum Gasteiger partial charge on any atom is 0.355 e. The van der Waals surface area contributed by atoms with Crippen LogP contribution in [0.25, 0.3) is 0 Å². The average molecular weight is 166 g/mol. The summed E-state index contributed by atoms with van der Waals surface area (Å²) in [6.45, 7) is 0. The van der Waals surface area contributed by atoms with Crippen molar-refractivity contribution >= 4 is 0 Å². The summed E-state index contributed by atoms with van der Waals surface area (Å²) in [5.74, 6) is 0.473. The Morgan fingerprint density at radius 2 is 2.08 bits per heavy atom. The van der Waals surface area contributed by atoms with Gasteiger partial charge in [-0.15, -0.1) is 0 Å². The van der Waals surface area contributed by atoms with E-state index in [1.807, 2.05) is 0 Å². The molecular formula is C8H8NO3. The number of hydrogen-bond acceptors (Lipinski definition) is 4. The summed E-state index contributed by atoms with van der Waals surface area (Å²) in [5.41, 5.74) is 0.621. The molecule has 1 radical (unpaired) electrons. The molecule has 0 bridgehead atoms. The lowest BCUT2D eigenvalue weighted by Gasteiger charge is -2.25. The molecule has 0 saturated carbocycles. The summed E-state index contributed by atoms with van der Waals surface area (Å²) < 4.78 is 4.90. The summed E-state index contributed by atoms with van der Waals surface area (Å²) in [6, 6.07) is 6.95. The molecule has 4 heteroatoms. The molecule has 0 amide bonds. The molecule has 0 aromatic heterocycles. The molecule has 1 unspecified atom stereocenters. The first-order valence-corrected chi connectivity index (χ1v) is 3.54. The number of aliphatic hydroxyl groups is 2. The van der Waals surface area contributed by atoms with Crippen LogP contribution < -0.4 is 10.1 Å². The van der Waals surface area contributed by atoms with Crippen LogP contribution >= 0.6 is 0 Å². The van der Waals surface area contributed by atoms with Gasteiger partial charge in [0, 0.05) is 5.56 Å². The lowest BCUT2D eigenvalue weighted by Crippen LogP contribution is -2.34. The largest absolute Gasteiger partial charge is 0.442 e. The Bertz CT molecular complexity index is 289. The topological polar surface area (TPSA) is 61.7 Å². The molecule has 1 heterocycles. The van der Waals surface area contributed by atoms with E-state index >= 15 is 0 Å². The molecule has 4 nitrogen and oxygen atoms in total. The van der Waals surface area contributed by atoms with Crippen LogP contribution in [0.4, 0.5) is 0 Å². The van der Waals surface area contributed by atoms with Crippen LogP contribution in [0.2, 0.25) is 0 Å². The summed E-state index contributed by atoms with van der Waals surface area (Å²) in [5, 5.41) is 20.7. The van der Waals surface area contributed by atoms with Crippen LogP contribution in [0.1, 0.15) is 11.8 Å². The first-order valence-electron chi connectivity index (χ1n) is 3.54. The molecule has 63 valence electrons. The Balaban J connectivity index is 2.40. The molecule has 1 aromatic carbocycles. The van der Waals surface area contributed by atoms with Crippen molar-refractivity contribution in [2.45, 2.75) is 6.23 Å². The van der Waals surface area contributed by atoms with Crippen molar-refractivity contribution < 1.29 is 14.9 Å². The summed E-state index contributed by atoms with van der Waals surface area (Å²) in [6.07, 6.45) is -1.27. The van der Waals surface area contributed by atoms with Crippen LogP contribution in [0.15, 0.2) is 24.3 Å². The van der Waals surface area contributed by atoms with Gasteiger partial charge in [-0.2, -0.15) is 0 Å². The lowest BCUT2D eigenvalue weighted by atomic mass is 10.1. The third-order valence-corrected chi connectivity index (χ3v) is 1.68. The molecule has 0 spiro atoms. The van der Waals surface area contributed by atoms with Crippen molar-refractivity contribution in [3.05, 3.63) is 36.2 Å². The van der Waals surface area contributed by atoms with Gasteiger partial charge in [-0.3, -0.25) is 0 Å². The van der Waals surface area contributed by atoms with Gasteiger partial charge in [-0.05, 0) is 6.07 Å². The number of benzene rings is 1. The predicted octanol–water partition coefficient (Wildman–Crippen LogP) is 0.479. The van der Waals surface area contributed by atoms with Gasteiger partial charge in [0.05, 0.1) is 0 Å². The molecule has 3 N–H and O–H groups in total. The van der Waals surface area contributed by atoms with Gasteiger partial charge in [0.15, 0.2) is 0 Å². The van der Waals surface area contributed by atoms with E-state index in [0.29, 0.717) is 11.3 Å². The smallest absolute Gasteiger partial charge is 0.355 e. The highest BCUT2D eigenvalue weighted by Crippen LogP contribution is 2.29. The van der Waals surface area contributed by atoms with Gasteiger partial charge in [-0.1, -0.05) is 18.2 Å². The Hall–Kier alpha value is -1.10. The number of nitrogens with one attached hydrogen (secondary N) is 1. The number of para-hydroxylation sites is 1. The minimum atomic E-state index is -0.894. The summed E-state index contributed by atoms with van der Waals surface area (Å²) in [7, 11) is 0. The Kier molecular flexibility index (Phi) is 1.73. The SMILES string of the molecule is O[C]1NC(O)c2ccccc2O1. The fourth-order valence-corrected chi connectivity index (χ4v) is 1.13. The fraction of sp³-hybridized carbons (Fsp3) is 0.125. The molecule has 1 atom stereocenters.